The fourth-order valence-corrected chi connectivity index (χ4v) is 1.89. The molecule has 0 saturated heterocycles. The lowest BCUT2D eigenvalue weighted by Crippen LogP contribution is -2.08. The van der Waals surface area contributed by atoms with E-state index in [2.05, 4.69) is 20.7 Å². The summed E-state index contributed by atoms with van der Waals surface area (Å²) in [6.45, 7) is 0.455. The van der Waals surface area contributed by atoms with Gasteiger partial charge in [0.2, 0.25) is 0 Å². The number of fused-ring (bicyclic) bond motifs is 1. The van der Waals surface area contributed by atoms with Crippen molar-refractivity contribution >= 4 is 22.1 Å². The summed E-state index contributed by atoms with van der Waals surface area (Å²) in [4.78, 5) is 11.0. The minimum atomic E-state index is -0.799. The van der Waals surface area contributed by atoms with Crippen LogP contribution >= 0.6 is 15.9 Å². The molecule has 1 heterocycles. The van der Waals surface area contributed by atoms with E-state index in [1.807, 2.05) is 0 Å². The fraction of sp³-hybridized carbons (Fsp3) is 0.300. The number of hydrogen-bond donors (Lipinski definition) is 1. The Balaban J connectivity index is 2.43. The van der Waals surface area contributed by atoms with Gasteiger partial charge in [0.1, 0.15) is 5.75 Å². The number of methoxy groups -OCH3 is 1. The van der Waals surface area contributed by atoms with Crippen molar-refractivity contribution in [3.63, 3.8) is 0 Å². The standard InChI is InChI=1S/C10H9BrO5/c1-14-10(13)16-7-4-6(11)8(12)9-5(7)2-3-15-9/h4,12H,2-3H2,1H3. The Morgan fingerprint density at radius 1 is 1.62 bits per heavy atom. The summed E-state index contributed by atoms with van der Waals surface area (Å²) < 4.78 is 15.0. The van der Waals surface area contributed by atoms with Crippen molar-refractivity contribution in [3.8, 4) is 17.2 Å². The average molecular weight is 289 g/mol. The summed E-state index contributed by atoms with van der Waals surface area (Å²) in [5.74, 6) is 0.710. The Labute approximate surface area is 100 Å². The molecule has 6 heteroatoms. The lowest BCUT2D eigenvalue weighted by molar-refractivity contribution is 0.121. The van der Waals surface area contributed by atoms with Crippen LogP contribution in [0.4, 0.5) is 4.79 Å². The largest absolute Gasteiger partial charge is 0.513 e. The van der Waals surface area contributed by atoms with Crippen LogP contribution in [0.3, 0.4) is 0 Å². The second kappa shape index (κ2) is 4.21. The molecule has 0 saturated carbocycles. The van der Waals surface area contributed by atoms with Gasteiger partial charge in [-0.15, -0.1) is 0 Å². The fourth-order valence-electron chi connectivity index (χ4n) is 1.50. The zero-order valence-electron chi connectivity index (χ0n) is 8.45. The van der Waals surface area contributed by atoms with Crippen LogP contribution in [0.25, 0.3) is 0 Å². The Morgan fingerprint density at radius 2 is 2.38 bits per heavy atom. The number of carbonyl (C=O) groups is 1. The first kappa shape index (κ1) is 11.1. The monoisotopic (exact) mass is 288 g/mol. The Hall–Kier alpha value is -1.43. The molecule has 0 unspecified atom stereocenters. The van der Waals surface area contributed by atoms with Gasteiger partial charge in [-0.05, 0) is 22.0 Å². The van der Waals surface area contributed by atoms with Crippen LogP contribution in [0.15, 0.2) is 10.5 Å². The maximum atomic E-state index is 11.0. The van der Waals surface area contributed by atoms with E-state index in [4.69, 9.17) is 9.47 Å². The molecule has 0 atom stereocenters. The highest BCUT2D eigenvalue weighted by molar-refractivity contribution is 9.10. The molecule has 0 aliphatic carbocycles. The van der Waals surface area contributed by atoms with E-state index in [-0.39, 0.29) is 5.75 Å². The Bertz CT molecular complexity index is 443. The molecule has 5 nitrogen and oxygen atoms in total. The molecule has 0 spiro atoms. The second-order valence-electron chi connectivity index (χ2n) is 3.17. The molecule has 1 aliphatic rings. The van der Waals surface area contributed by atoms with E-state index in [0.29, 0.717) is 34.6 Å². The molecule has 1 aromatic rings. The summed E-state index contributed by atoms with van der Waals surface area (Å²) in [6, 6.07) is 1.51. The van der Waals surface area contributed by atoms with Crippen LogP contribution in [0, 0.1) is 0 Å². The number of rotatable bonds is 1. The molecular formula is C10H9BrO5. The molecule has 16 heavy (non-hydrogen) atoms. The van der Waals surface area contributed by atoms with Crippen molar-refractivity contribution in [1.82, 2.24) is 0 Å². The number of ether oxygens (including phenoxy) is 3. The van der Waals surface area contributed by atoms with E-state index in [1.54, 1.807) is 0 Å². The lowest BCUT2D eigenvalue weighted by atomic mass is 10.1. The zero-order chi connectivity index (χ0) is 11.7. The highest BCUT2D eigenvalue weighted by Gasteiger charge is 2.25. The maximum absolute atomic E-state index is 11.0. The third kappa shape index (κ3) is 1.80. The summed E-state index contributed by atoms with van der Waals surface area (Å²) in [7, 11) is 1.23. The molecule has 0 bridgehead atoms. The van der Waals surface area contributed by atoms with Gasteiger partial charge in [0.15, 0.2) is 11.5 Å². The van der Waals surface area contributed by atoms with Gasteiger partial charge in [-0.25, -0.2) is 4.79 Å². The van der Waals surface area contributed by atoms with Gasteiger partial charge >= 0.3 is 6.16 Å². The van der Waals surface area contributed by atoms with Crippen LogP contribution < -0.4 is 9.47 Å². The minimum Gasteiger partial charge on any atom is -0.503 e. The number of aromatic hydroxyl groups is 1. The van der Waals surface area contributed by atoms with E-state index in [0.717, 1.165) is 0 Å². The first-order valence-electron chi connectivity index (χ1n) is 4.56. The van der Waals surface area contributed by atoms with Crippen LogP contribution in [-0.2, 0) is 11.2 Å². The van der Waals surface area contributed by atoms with E-state index >= 15 is 0 Å². The number of phenols is 1. The molecule has 0 fully saturated rings. The minimum absolute atomic E-state index is 0.0183. The van der Waals surface area contributed by atoms with Gasteiger partial charge < -0.3 is 19.3 Å². The predicted octanol–water partition coefficient (Wildman–Crippen LogP) is 2.23. The summed E-state index contributed by atoms with van der Waals surface area (Å²) in [6.07, 6.45) is -0.214. The SMILES string of the molecule is COC(=O)Oc1cc(Br)c(O)c2c1CCO2. The normalized spacial score (nSPS) is 12.9. The molecule has 1 aromatic carbocycles. The molecular weight excluding hydrogens is 280 g/mol. The van der Waals surface area contributed by atoms with Gasteiger partial charge in [0.05, 0.1) is 18.2 Å². The number of hydrogen-bond acceptors (Lipinski definition) is 5. The topological polar surface area (TPSA) is 65.0 Å². The molecule has 2 rings (SSSR count). The van der Waals surface area contributed by atoms with Crippen LogP contribution in [0.1, 0.15) is 5.56 Å². The third-order valence-corrected chi connectivity index (χ3v) is 2.83. The first-order chi connectivity index (χ1) is 7.63. The third-order valence-electron chi connectivity index (χ3n) is 2.23. The highest BCUT2D eigenvalue weighted by atomic mass is 79.9. The maximum Gasteiger partial charge on any atom is 0.513 e. The zero-order valence-corrected chi connectivity index (χ0v) is 10.0. The predicted molar refractivity (Wildman–Crippen MR) is 58.0 cm³/mol. The number of halogens is 1. The van der Waals surface area contributed by atoms with Crippen LogP contribution in [0.2, 0.25) is 0 Å². The van der Waals surface area contributed by atoms with Crippen molar-refractivity contribution in [3.05, 3.63) is 16.1 Å². The van der Waals surface area contributed by atoms with Gasteiger partial charge in [-0.1, -0.05) is 0 Å². The molecule has 86 valence electrons. The van der Waals surface area contributed by atoms with Gasteiger partial charge in [0, 0.05) is 12.0 Å². The average Bonchev–Trinajstić information content (AvgIpc) is 2.74. The summed E-state index contributed by atoms with van der Waals surface area (Å²) >= 11 is 3.15. The molecule has 1 aliphatic heterocycles. The van der Waals surface area contributed by atoms with Gasteiger partial charge in [-0.2, -0.15) is 0 Å². The highest BCUT2D eigenvalue weighted by Crippen LogP contribution is 2.45. The van der Waals surface area contributed by atoms with Crippen LogP contribution in [0.5, 0.6) is 17.2 Å². The Morgan fingerprint density at radius 3 is 3.06 bits per heavy atom. The smallest absolute Gasteiger partial charge is 0.503 e. The van der Waals surface area contributed by atoms with E-state index < -0.39 is 6.16 Å². The number of carbonyl (C=O) groups excluding carboxylic acids is 1. The summed E-state index contributed by atoms with van der Waals surface area (Å²) in [5, 5.41) is 9.69. The quantitative estimate of drug-likeness (QED) is 0.634. The van der Waals surface area contributed by atoms with Crippen molar-refractivity contribution in [2.75, 3.05) is 13.7 Å². The first-order valence-corrected chi connectivity index (χ1v) is 5.35. The molecule has 0 aromatic heterocycles. The van der Waals surface area contributed by atoms with Crippen molar-refractivity contribution in [2.24, 2.45) is 0 Å². The number of benzene rings is 1. The summed E-state index contributed by atoms with van der Waals surface area (Å²) in [5.41, 5.74) is 0.672. The number of phenolic OH excluding ortho intramolecular Hbond substituents is 1. The molecule has 1 N–H and O–H groups in total. The van der Waals surface area contributed by atoms with E-state index in [1.165, 1.54) is 13.2 Å². The van der Waals surface area contributed by atoms with E-state index in [9.17, 15) is 9.90 Å². The van der Waals surface area contributed by atoms with Crippen molar-refractivity contribution in [1.29, 1.82) is 0 Å². The molecule has 0 amide bonds. The Kier molecular flexibility index (Phi) is 2.91. The van der Waals surface area contributed by atoms with Gasteiger partial charge in [0.25, 0.3) is 0 Å². The van der Waals surface area contributed by atoms with Gasteiger partial charge in [-0.3, -0.25) is 0 Å². The lowest BCUT2D eigenvalue weighted by Gasteiger charge is -2.09. The van der Waals surface area contributed by atoms with Crippen molar-refractivity contribution in [2.45, 2.75) is 6.42 Å². The second-order valence-corrected chi connectivity index (χ2v) is 4.02. The van der Waals surface area contributed by atoms with Crippen molar-refractivity contribution < 1.29 is 24.1 Å². The van der Waals surface area contributed by atoms with Crippen LogP contribution in [-0.4, -0.2) is 25.0 Å². The molecule has 0 radical (unpaired) electrons.